The van der Waals surface area contributed by atoms with Gasteiger partial charge in [-0.1, -0.05) is 23.8 Å². The molecule has 2 amide bonds. The van der Waals surface area contributed by atoms with Crippen molar-refractivity contribution >= 4 is 33.8 Å². The van der Waals surface area contributed by atoms with Gasteiger partial charge >= 0.3 is 0 Å². The van der Waals surface area contributed by atoms with E-state index in [1.54, 1.807) is 25.3 Å². The van der Waals surface area contributed by atoms with Crippen LogP contribution in [0.15, 0.2) is 48.5 Å². The number of amides is 2. The molecule has 5 nitrogen and oxygen atoms in total. The third-order valence-corrected chi connectivity index (χ3v) is 6.47. The summed E-state index contributed by atoms with van der Waals surface area (Å²) in [6.07, 6.45) is 3.96. The molecule has 0 fully saturated rings. The molecule has 154 valence electrons. The Kier molecular flexibility index (Phi) is 5.86. The summed E-state index contributed by atoms with van der Waals surface area (Å²) in [5.74, 6) is 0.263. The van der Waals surface area contributed by atoms with Crippen LogP contribution in [0.25, 0.3) is 0 Å². The van der Waals surface area contributed by atoms with Crippen LogP contribution in [-0.2, 0) is 12.8 Å². The molecule has 0 aliphatic heterocycles. The van der Waals surface area contributed by atoms with E-state index in [0.717, 1.165) is 36.8 Å². The molecule has 0 saturated carbocycles. The maximum atomic E-state index is 13.2. The molecule has 3 aromatic rings. The van der Waals surface area contributed by atoms with Crippen LogP contribution < -0.4 is 15.4 Å². The molecule has 0 unspecified atom stereocenters. The van der Waals surface area contributed by atoms with E-state index < -0.39 is 0 Å². The number of methoxy groups -OCH3 is 1. The Balaban J connectivity index is 1.64. The molecular formula is C24H24N2O3S. The zero-order valence-electron chi connectivity index (χ0n) is 17.1. The van der Waals surface area contributed by atoms with E-state index in [9.17, 15) is 9.59 Å². The van der Waals surface area contributed by atoms with Crippen molar-refractivity contribution in [3.05, 3.63) is 75.7 Å². The van der Waals surface area contributed by atoms with Gasteiger partial charge in [-0.05, 0) is 62.4 Å². The normalized spacial score (nSPS) is 12.7. The smallest absolute Gasteiger partial charge is 0.258 e. The second-order valence-electron chi connectivity index (χ2n) is 7.42. The van der Waals surface area contributed by atoms with Crippen molar-refractivity contribution in [2.45, 2.75) is 32.6 Å². The summed E-state index contributed by atoms with van der Waals surface area (Å²) in [7, 11) is 1.59. The molecule has 0 spiro atoms. The van der Waals surface area contributed by atoms with E-state index >= 15 is 0 Å². The van der Waals surface area contributed by atoms with Crippen LogP contribution in [0.3, 0.4) is 0 Å². The molecule has 1 aromatic heterocycles. The van der Waals surface area contributed by atoms with Crippen LogP contribution in [0.2, 0.25) is 0 Å². The minimum absolute atomic E-state index is 0.205. The fourth-order valence-corrected chi connectivity index (χ4v) is 4.95. The quantitative estimate of drug-likeness (QED) is 0.577. The molecule has 1 aliphatic rings. The lowest BCUT2D eigenvalue weighted by atomic mass is 9.95. The van der Waals surface area contributed by atoms with Crippen molar-refractivity contribution in [1.29, 1.82) is 0 Å². The second kappa shape index (κ2) is 8.71. The van der Waals surface area contributed by atoms with Gasteiger partial charge in [0.1, 0.15) is 10.8 Å². The van der Waals surface area contributed by atoms with Gasteiger partial charge in [-0.15, -0.1) is 11.3 Å². The highest BCUT2D eigenvalue weighted by atomic mass is 32.1. The van der Waals surface area contributed by atoms with Gasteiger partial charge in [0.25, 0.3) is 11.8 Å². The van der Waals surface area contributed by atoms with Crippen LogP contribution in [0.5, 0.6) is 5.75 Å². The number of aryl methyl sites for hydroxylation is 2. The first-order valence-corrected chi connectivity index (χ1v) is 10.8. The van der Waals surface area contributed by atoms with Gasteiger partial charge < -0.3 is 15.4 Å². The average Bonchev–Trinajstić information content (AvgIpc) is 3.12. The number of carbonyl (C=O) groups excluding carboxylic acids is 2. The predicted molar refractivity (Wildman–Crippen MR) is 121 cm³/mol. The molecule has 0 radical (unpaired) electrons. The fourth-order valence-electron chi connectivity index (χ4n) is 3.67. The van der Waals surface area contributed by atoms with Crippen LogP contribution in [0.1, 0.15) is 49.6 Å². The lowest BCUT2D eigenvalue weighted by molar-refractivity contribution is 0.102. The number of hydrogen-bond acceptors (Lipinski definition) is 4. The molecule has 1 heterocycles. The molecule has 6 heteroatoms. The van der Waals surface area contributed by atoms with Crippen LogP contribution in [0, 0.1) is 6.92 Å². The summed E-state index contributed by atoms with van der Waals surface area (Å²) >= 11 is 1.52. The van der Waals surface area contributed by atoms with Gasteiger partial charge in [-0.25, -0.2) is 0 Å². The zero-order valence-corrected chi connectivity index (χ0v) is 17.9. The van der Waals surface area contributed by atoms with E-state index in [1.807, 2.05) is 37.3 Å². The number of carbonyl (C=O) groups is 2. The molecule has 2 aromatic carbocycles. The number of thiophene rings is 1. The molecule has 0 saturated heterocycles. The molecule has 2 N–H and O–H groups in total. The maximum Gasteiger partial charge on any atom is 0.258 e. The summed E-state index contributed by atoms with van der Waals surface area (Å²) < 4.78 is 5.25. The highest BCUT2D eigenvalue weighted by Gasteiger charge is 2.26. The minimum atomic E-state index is -0.207. The van der Waals surface area contributed by atoms with E-state index in [1.165, 1.54) is 16.2 Å². The SMILES string of the molecule is COc1cccc(NC(=O)c2c(NC(=O)c3ccc(C)cc3)sc3c2CCCC3)c1. The number of rotatable bonds is 5. The van der Waals surface area contributed by atoms with Gasteiger partial charge in [0.2, 0.25) is 0 Å². The number of anilines is 2. The molecule has 0 bridgehead atoms. The van der Waals surface area contributed by atoms with Crippen LogP contribution >= 0.6 is 11.3 Å². The van der Waals surface area contributed by atoms with Crippen molar-refractivity contribution in [3.63, 3.8) is 0 Å². The Bertz CT molecular complexity index is 1090. The van der Waals surface area contributed by atoms with Crippen LogP contribution in [0.4, 0.5) is 10.7 Å². The first-order valence-electron chi connectivity index (χ1n) is 10.0. The summed E-state index contributed by atoms with van der Waals surface area (Å²) in [5, 5.41) is 6.57. The fraction of sp³-hybridized carbons (Fsp3) is 0.250. The molecule has 1 aliphatic carbocycles. The van der Waals surface area contributed by atoms with Crippen molar-refractivity contribution in [3.8, 4) is 5.75 Å². The largest absolute Gasteiger partial charge is 0.497 e. The van der Waals surface area contributed by atoms with Crippen molar-refractivity contribution < 1.29 is 14.3 Å². The van der Waals surface area contributed by atoms with Gasteiger partial charge in [0.05, 0.1) is 12.7 Å². The lowest BCUT2D eigenvalue weighted by Gasteiger charge is -2.13. The number of nitrogens with one attached hydrogen (secondary N) is 2. The standard InChI is InChI=1S/C24H24N2O3S/c1-15-10-12-16(13-11-15)22(27)26-24-21(19-8-3-4-9-20(19)30-24)23(28)25-17-6-5-7-18(14-17)29-2/h5-7,10-14H,3-4,8-9H2,1-2H3,(H,25,28)(H,26,27). The van der Waals surface area contributed by atoms with E-state index in [0.29, 0.717) is 27.6 Å². The molecule has 4 rings (SSSR count). The first kappa shape index (κ1) is 20.2. The second-order valence-corrected chi connectivity index (χ2v) is 8.53. The minimum Gasteiger partial charge on any atom is -0.497 e. The molecule has 0 atom stereocenters. The summed E-state index contributed by atoms with van der Waals surface area (Å²) in [6, 6.07) is 14.7. The third kappa shape index (κ3) is 4.24. The van der Waals surface area contributed by atoms with Crippen LogP contribution in [-0.4, -0.2) is 18.9 Å². The highest BCUT2D eigenvalue weighted by molar-refractivity contribution is 7.17. The number of hydrogen-bond donors (Lipinski definition) is 2. The van der Waals surface area contributed by atoms with Gasteiger partial charge in [-0.3, -0.25) is 9.59 Å². The van der Waals surface area contributed by atoms with E-state index in [2.05, 4.69) is 10.6 Å². The topological polar surface area (TPSA) is 67.4 Å². The zero-order chi connectivity index (χ0) is 21.1. The lowest BCUT2D eigenvalue weighted by Crippen LogP contribution is -2.18. The average molecular weight is 421 g/mol. The van der Waals surface area contributed by atoms with E-state index in [-0.39, 0.29) is 11.8 Å². The van der Waals surface area contributed by atoms with Gasteiger partial charge in [0.15, 0.2) is 0 Å². The Morgan fingerprint density at radius 2 is 1.73 bits per heavy atom. The van der Waals surface area contributed by atoms with Crippen molar-refractivity contribution in [1.82, 2.24) is 0 Å². The maximum absolute atomic E-state index is 13.2. The third-order valence-electron chi connectivity index (χ3n) is 5.27. The predicted octanol–water partition coefficient (Wildman–Crippen LogP) is 5.45. The van der Waals surface area contributed by atoms with Crippen molar-refractivity contribution in [2.75, 3.05) is 17.7 Å². The summed E-state index contributed by atoms with van der Waals surface area (Å²) in [4.78, 5) is 27.2. The first-order chi connectivity index (χ1) is 14.5. The number of benzene rings is 2. The Morgan fingerprint density at radius 1 is 0.967 bits per heavy atom. The Morgan fingerprint density at radius 3 is 2.50 bits per heavy atom. The van der Waals surface area contributed by atoms with Gasteiger partial charge in [0, 0.05) is 22.2 Å². The number of fused-ring (bicyclic) bond motifs is 1. The molecule has 30 heavy (non-hydrogen) atoms. The van der Waals surface area contributed by atoms with Gasteiger partial charge in [-0.2, -0.15) is 0 Å². The molecular weight excluding hydrogens is 396 g/mol. The highest BCUT2D eigenvalue weighted by Crippen LogP contribution is 2.39. The Labute approximate surface area is 180 Å². The summed E-state index contributed by atoms with van der Waals surface area (Å²) in [5.41, 5.74) is 3.97. The number of ether oxygens (including phenoxy) is 1. The van der Waals surface area contributed by atoms with Crippen molar-refractivity contribution in [2.24, 2.45) is 0 Å². The Hall–Kier alpha value is -3.12. The van der Waals surface area contributed by atoms with E-state index in [4.69, 9.17) is 4.74 Å². The monoisotopic (exact) mass is 420 g/mol. The summed E-state index contributed by atoms with van der Waals surface area (Å²) in [6.45, 7) is 1.98.